The van der Waals surface area contributed by atoms with Crippen molar-refractivity contribution in [3.63, 3.8) is 0 Å². The van der Waals surface area contributed by atoms with Gasteiger partial charge in [-0.1, -0.05) is 12.1 Å². The number of fused-ring (bicyclic) bond motifs is 1. The zero-order valence-electron chi connectivity index (χ0n) is 9.90. The van der Waals surface area contributed by atoms with E-state index in [-0.39, 0.29) is 12.1 Å². The van der Waals surface area contributed by atoms with Gasteiger partial charge in [-0.05, 0) is 26.0 Å². The van der Waals surface area contributed by atoms with E-state index in [1.54, 1.807) is 6.26 Å². The summed E-state index contributed by atoms with van der Waals surface area (Å²) in [4.78, 5) is 2.04. The molecule has 3 heteroatoms. The van der Waals surface area contributed by atoms with Gasteiger partial charge in [0.2, 0.25) is 0 Å². The standard InChI is InChI=1S/C13H17NO2/c1-13(2,9-15)14(3)11-8-16-12-7-5-4-6-10(11)12/h4-8,15H,9H2,1-3H3. The highest BCUT2D eigenvalue weighted by atomic mass is 16.3. The van der Waals surface area contributed by atoms with Crippen molar-refractivity contribution < 1.29 is 9.52 Å². The summed E-state index contributed by atoms with van der Waals surface area (Å²) in [6.45, 7) is 4.09. The minimum atomic E-state index is -0.299. The molecule has 1 aromatic heterocycles. The van der Waals surface area contributed by atoms with Gasteiger partial charge in [-0.3, -0.25) is 0 Å². The zero-order valence-corrected chi connectivity index (χ0v) is 9.90. The highest BCUT2D eigenvalue weighted by Gasteiger charge is 2.25. The van der Waals surface area contributed by atoms with Crippen molar-refractivity contribution in [2.75, 3.05) is 18.6 Å². The molecule has 86 valence electrons. The number of hydrogen-bond acceptors (Lipinski definition) is 3. The molecule has 0 saturated heterocycles. The van der Waals surface area contributed by atoms with Crippen molar-refractivity contribution in [3.05, 3.63) is 30.5 Å². The summed E-state index contributed by atoms with van der Waals surface area (Å²) in [6.07, 6.45) is 1.74. The van der Waals surface area contributed by atoms with E-state index in [0.29, 0.717) is 0 Å². The molecule has 16 heavy (non-hydrogen) atoms. The third kappa shape index (κ3) is 1.67. The number of aliphatic hydroxyl groups is 1. The summed E-state index contributed by atoms with van der Waals surface area (Å²) in [5, 5.41) is 10.4. The molecule has 0 aliphatic carbocycles. The summed E-state index contributed by atoms with van der Waals surface area (Å²) in [6, 6.07) is 7.91. The van der Waals surface area contributed by atoms with Crippen LogP contribution in [0, 0.1) is 0 Å². The van der Waals surface area contributed by atoms with Crippen LogP contribution in [0.15, 0.2) is 34.9 Å². The molecule has 0 radical (unpaired) electrons. The lowest BCUT2D eigenvalue weighted by atomic mass is 10.0. The molecule has 3 nitrogen and oxygen atoms in total. The second kappa shape index (κ2) is 3.83. The van der Waals surface area contributed by atoms with Crippen LogP contribution in [0.5, 0.6) is 0 Å². The molecule has 0 aliphatic heterocycles. The van der Waals surface area contributed by atoms with E-state index < -0.39 is 0 Å². The number of hydrogen-bond donors (Lipinski definition) is 1. The van der Waals surface area contributed by atoms with Crippen LogP contribution in [-0.2, 0) is 0 Å². The second-order valence-corrected chi connectivity index (χ2v) is 4.65. The van der Waals surface area contributed by atoms with Gasteiger partial charge >= 0.3 is 0 Å². The van der Waals surface area contributed by atoms with Crippen LogP contribution >= 0.6 is 0 Å². The van der Waals surface area contributed by atoms with Crippen LogP contribution in [-0.4, -0.2) is 24.3 Å². The van der Waals surface area contributed by atoms with Gasteiger partial charge in [0.05, 0.1) is 17.8 Å². The smallest absolute Gasteiger partial charge is 0.136 e. The molecule has 0 unspecified atom stereocenters. The van der Waals surface area contributed by atoms with E-state index in [1.807, 2.05) is 50.1 Å². The van der Waals surface area contributed by atoms with Gasteiger partial charge < -0.3 is 14.4 Å². The van der Waals surface area contributed by atoms with E-state index in [2.05, 4.69) is 0 Å². The number of anilines is 1. The number of para-hydroxylation sites is 1. The predicted molar refractivity (Wildman–Crippen MR) is 65.8 cm³/mol. The molecule has 1 heterocycles. The van der Waals surface area contributed by atoms with Crippen LogP contribution in [0.2, 0.25) is 0 Å². The number of likely N-dealkylation sites (N-methyl/N-ethyl adjacent to an activating group) is 1. The van der Waals surface area contributed by atoms with Crippen molar-refractivity contribution in [1.29, 1.82) is 0 Å². The van der Waals surface area contributed by atoms with E-state index in [9.17, 15) is 5.11 Å². The molecule has 2 aromatic rings. The number of furan rings is 1. The molecule has 0 spiro atoms. The highest BCUT2D eigenvalue weighted by Crippen LogP contribution is 2.31. The summed E-state index contributed by atoms with van der Waals surface area (Å²) in [5.41, 5.74) is 1.58. The minimum absolute atomic E-state index is 0.100. The average Bonchev–Trinajstić information content (AvgIpc) is 2.71. The lowest BCUT2D eigenvalue weighted by molar-refractivity contribution is 0.216. The van der Waals surface area contributed by atoms with Gasteiger partial charge in [0, 0.05) is 12.4 Å². The van der Waals surface area contributed by atoms with E-state index in [0.717, 1.165) is 16.7 Å². The van der Waals surface area contributed by atoms with Gasteiger partial charge in [-0.25, -0.2) is 0 Å². The quantitative estimate of drug-likeness (QED) is 0.862. The molecule has 1 N–H and O–H groups in total. The first kappa shape index (κ1) is 11.0. The first-order chi connectivity index (χ1) is 7.56. The van der Waals surface area contributed by atoms with E-state index in [1.165, 1.54) is 0 Å². The Morgan fingerprint density at radius 2 is 2.00 bits per heavy atom. The molecular formula is C13H17NO2. The molecule has 0 bridgehead atoms. The Morgan fingerprint density at radius 1 is 1.31 bits per heavy atom. The lowest BCUT2D eigenvalue weighted by Gasteiger charge is -2.35. The van der Waals surface area contributed by atoms with Crippen molar-refractivity contribution in [2.24, 2.45) is 0 Å². The largest absolute Gasteiger partial charge is 0.462 e. The fraction of sp³-hybridized carbons (Fsp3) is 0.385. The van der Waals surface area contributed by atoms with Gasteiger partial charge in [0.1, 0.15) is 11.8 Å². The maximum atomic E-state index is 9.36. The zero-order chi connectivity index (χ0) is 11.8. The summed E-state index contributed by atoms with van der Waals surface area (Å²) in [5.74, 6) is 0. The second-order valence-electron chi connectivity index (χ2n) is 4.65. The topological polar surface area (TPSA) is 36.6 Å². The van der Waals surface area contributed by atoms with Crippen molar-refractivity contribution in [1.82, 2.24) is 0 Å². The number of aliphatic hydroxyl groups excluding tert-OH is 1. The molecule has 0 fully saturated rings. The molecule has 0 atom stereocenters. The molecule has 0 amide bonds. The van der Waals surface area contributed by atoms with Crippen LogP contribution in [0.3, 0.4) is 0 Å². The Morgan fingerprint density at radius 3 is 2.69 bits per heavy atom. The molecule has 0 aliphatic rings. The fourth-order valence-corrected chi connectivity index (χ4v) is 1.66. The third-order valence-electron chi connectivity index (χ3n) is 3.12. The molecule has 2 rings (SSSR count). The van der Waals surface area contributed by atoms with Crippen molar-refractivity contribution in [3.8, 4) is 0 Å². The third-order valence-corrected chi connectivity index (χ3v) is 3.12. The Bertz CT molecular complexity index is 487. The summed E-state index contributed by atoms with van der Waals surface area (Å²) < 4.78 is 5.49. The van der Waals surface area contributed by atoms with Gasteiger partial charge in [0.15, 0.2) is 0 Å². The van der Waals surface area contributed by atoms with Crippen LogP contribution in [0.25, 0.3) is 11.0 Å². The van der Waals surface area contributed by atoms with Crippen molar-refractivity contribution >= 4 is 16.7 Å². The number of nitrogens with zero attached hydrogens (tertiary/aromatic N) is 1. The average molecular weight is 219 g/mol. The van der Waals surface area contributed by atoms with Crippen LogP contribution in [0.4, 0.5) is 5.69 Å². The lowest BCUT2D eigenvalue weighted by Crippen LogP contribution is -2.44. The Kier molecular flexibility index (Phi) is 2.64. The predicted octanol–water partition coefficient (Wildman–Crippen LogP) is 2.64. The number of rotatable bonds is 3. The normalized spacial score (nSPS) is 12.0. The summed E-state index contributed by atoms with van der Waals surface area (Å²) >= 11 is 0. The van der Waals surface area contributed by atoms with E-state index in [4.69, 9.17) is 4.42 Å². The van der Waals surface area contributed by atoms with Crippen molar-refractivity contribution in [2.45, 2.75) is 19.4 Å². The van der Waals surface area contributed by atoms with Gasteiger partial charge in [-0.2, -0.15) is 0 Å². The van der Waals surface area contributed by atoms with Gasteiger partial charge in [-0.15, -0.1) is 0 Å². The maximum absolute atomic E-state index is 9.36. The fourth-order valence-electron chi connectivity index (χ4n) is 1.66. The molecule has 0 saturated carbocycles. The SMILES string of the molecule is CN(c1coc2ccccc12)C(C)(C)CO. The van der Waals surface area contributed by atoms with Crippen LogP contribution in [0.1, 0.15) is 13.8 Å². The first-order valence-corrected chi connectivity index (χ1v) is 5.37. The Hall–Kier alpha value is -1.48. The monoisotopic (exact) mass is 219 g/mol. The molecule has 1 aromatic carbocycles. The maximum Gasteiger partial charge on any atom is 0.136 e. The number of benzene rings is 1. The van der Waals surface area contributed by atoms with E-state index >= 15 is 0 Å². The Balaban J connectivity index is 2.48. The minimum Gasteiger partial charge on any atom is -0.462 e. The van der Waals surface area contributed by atoms with Gasteiger partial charge in [0.25, 0.3) is 0 Å². The first-order valence-electron chi connectivity index (χ1n) is 5.37. The highest BCUT2D eigenvalue weighted by molar-refractivity contribution is 5.91. The summed E-state index contributed by atoms with van der Waals surface area (Å²) in [7, 11) is 1.97. The molecular weight excluding hydrogens is 202 g/mol. The Labute approximate surface area is 95.3 Å². The van der Waals surface area contributed by atoms with Crippen LogP contribution < -0.4 is 4.90 Å².